The summed E-state index contributed by atoms with van der Waals surface area (Å²) in [6.07, 6.45) is 0.461. The van der Waals surface area contributed by atoms with Crippen LogP contribution in [0.15, 0.2) is 0 Å². The van der Waals surface area contributed by atoms with E-state index in [-0.39, 0.29) is 0 Å². The lowest BCUT2D eigenvalue weighted by Gasteiger charge is -1.90. The van der Waals surface area contributed by atoms with Crippen LogP contribution in [-0.4, -0.2) is 19.1 Å². The Hall–Kier alpha value is -1.11. The van der Waals surface area contributed by atoms with Crippen molar-refractivity contribution in [2.45, 2.75) is 19.4 Å². The minimum Gasteiger partial charge on any atom is -0.463 e. The van der Waals surface area contributed by atoms with Gasteiger partial charge in [-0.1, -0.05) is 6.92 Å². The van der Waals surface area contributed by atoms with Gasteiger partial charge in [0.1, 0.15) is 4.98 Å². The van der Waals surface area contributed by atoms with Gasteiger partial charge in [0.25, 0.3) is 0 Å². The minimum atomic E-state index is -0.713. The average Bonchev–Trinajstić information content (AvgIpc) is 1.90. The van der Waals surface area contributed by atoms with Gasteiger partial charge in [-0.05, 0) is 0 Å². The molecule has 0 rings (SSSR count). The van der Waals surface area contributed by atoms with Gasteiger partial charge in [-0.3, -0.25) is 0 Å². The Morgan fingerprint density at radius 2 is 2.44 bits per heavy atom. The number of hydrogen-bond donors (Lipinski definition) is 0. The number of esters is 1. The monoisotopic (exact) mass is 129 g/mol. The van der Waals surface area contributed by atoms with Crippen LogP contribution >= 0.6 is 0 Å². The summed E-state index contributed by atoms with van der Waals surface area (Å²) in [7, 11) is 1.26. The smallest absolute Gasteiger partial charge is 0.407 e. The molecule has 0 saturated carbocycles. The first kappa shape index (κ1) is 7.89. The highest BCUT2D eigenvalue weighted by atomic mass is 16.5. The third-order valence-electron chi connectivity index (χ3n) is 0.999. The zero-order valence-electron chi connectivity index (χ0n) is 5.50. The number of hydrogen-bond acceptors (Lipinski definition) is 3. The van der Waals surface area contributed by atoms with Crippen LogP contribution in [0.2, 0.25) is 0 Å². The molecule has 0 unspecified atom stereocenters. The summed E-state index contributed by atoms with van der Waals surface area (Å²) in [4.78, 5) is 13.3. The SMILES string of the molecule is CC[C@@H]([N+]#N)C(=O)OC. The molecule has 0 heterocycles. The molecule has 0 aromatic carbocycles. The fraction of sp³-hybridized carbons (Fsp3) is 0.800. The Labute approximate surface area is 53.4 Å². The lowest BCUT2D eigenvalue weighted by Crippen LogP contribution is -2.16. The van der Waals surface area contributed by atoms with Crippen molar-refractivity contribution < 1.29 is 9.53 Å². The van der Waals surface area contributed by atoms with Gasteiger partial charge in [-0.2, -0.15) is 0 Å². The molecule has 0 spiro atoms. The number of diazo groups is 1. The van der Waals surface area contributed by atoms with Crippen LogP contribution in [-0.2, 0) is 9.53 Å². The van der Waals surface area contributed by atoms with Gasteiger partial charge in [0.15, 0.2) is 0 Å². The standard InChI is InChI=1S/C5H9N2O2/c1-3-4(7-6)5(8)9-2/h4H,3H2,1-2H3/q+1/t4-/m1/s1. The van der Waals surface area contributed by atoms with Gasteiger partial charge in [0, 0.05) is 6.42 Å². The summed E-state index contributed by atoms with van der Waals surface area (Å²) in [5.74, 6) is -0.500. The Kier molecular flexibility index (Phi) is 3.37. The molecule has 4 nitrogen and oxygen atoms in total. The number of carbonyl (C=O) groups excluding carboxylic acids is 1. The number of rotatable bonds is 2. The second-order valence-corrected chi connectivity index (χ2v) is 1.56. The van der Waals surface area contributed by atoms with E-state index in [4.69, 9.17) is 5.39 Å². The number of nitrogens with zero attached hydrogens (tertiary/aromatic N) is 2. The zero-order valence-corrected chi connectivity index (χ0v) is 5.50. The number of methoxy groups -OCH3 is 1. The van der Waals surface area contributed by atoms with E-state index in [2.05, 4.69) is 9.71 Å². The first-order valence-corrected chi connectivity index (χ1v) is 2.68. The fourth-order valence-electron chi connectivity index (χ4n) is 0.431. The number of carbonyl (C=O) groups is 1. The van der Waals surface area contributed by atoms with Crippen molar-refractivity contribution in [1.29, 1.82) is 5.39 Å². The molecule has 0 saturated heterocycles. The van der Waals surface area contributed by atoms with Crippen LogP contribution < -0.4 is 0 Å². The van der Waals surface area contributed by atoms with E-state index in [9.17, 15) is 4.79 Å². The second-order valence-electron chi connectivity index (χ2n) is 1.56. The molecule has 50 valence electrons. The molecule has 0 aliphatic heterocycles. The van der Waals surface area contributed by atoms with E-state index >= 15 is 0 Å². The highest BCUT2D eigenvalue weighted by molar-refractivity contribution is 5.77. The largest absolute Gasteiger partial charge is 0.463 e. The molecule has 0 radical (unpaired) electrons. The molecule has 9 heavy (non-hydrogen) atoms. The summed E-state index contributed by atoms with van der Waals surface area (Å²) in [5, 5.41) is 8.15. The van der Waals surface area contributed by atoms with Crippen molar-refractivity contribution >= 4 is 5.97 Å². The van der Waals surface area contributed by atoms with Gasteiger partial charge in [-0.15, -0.1) is 0 Å². The molecule has 0 fully saturated rings. The van der Waals surface area contributed by atoms with E-state index in [0.717, 1.165) is 0 Å². The van der Waals surface area contributed by atoms with Crippen molar-refractivity contribution in [3.05, 3.63) is 4.98 Å². The predicted molar refractivity (Wildman–Crippen MR) is 31.2 cm³/mol. The van der Waals surface area contributed by atoms with Gasteiger partial charge < -0.3 is 4.74 Å². The normalized spacial score (nSPS) is 11.7. The third kappa shape index (κ3) is 2.08. The molecule has 0 aliphatic rings. The van der Waals surface area contributed by atoms with Crippen molar-refractivity contribution in [2.75, 3.05) is 7.11 Å². The van der Waals surface area contributed by atoms with Crippen molar-refractivity contribution in [1.82, 2.24) is 0 Å². The maximum absolute atomic E-state index is 10.5. The molecular formula is C5H9N2O2+. The first-order valence-electron chi connectivity index (χ1n) is 2.68. The lowest BCUT2D eigenvalue weighted by molar-refractivity contribution is -0.141. The summed E-state index contributed by atoms with van der Waals surface area (Å²) in [6.45, 7) is 1.74. The first-order chi connectivity index (χ1) is 4.26. The topological polar surface area (TPSA) is 54.5 Å². The summed E-state index contributed by atoms with van der Waals surface area (Å²) in [5.41, 5.74) is 0. The maximum Gasteiger partial charge on any atom is 0.407 e. The van der Waals surface area contributed by atoms with E-state index in [1.807, 2.05) is 0 Å². The maximum atomic E-state index is 10.5. The van der Waals surface area contributed by atoms with E-state index in [0.29, 0.717) is 6.42 Å². The summed E-state index contributed by atoms with van der Waals surface area (Å²) >= 11 is 0. The van der Waals surface area contributed by atoms with Crippen molar-refractivity contribution in [3.8, 4) is 0 Å². The molecule has 4 heteroatoms. The average molecular weight is 129 g/mol. The summed E-state index contributed by atoms with van der Waals surface area (Å²) in [6, 6.07) is -0.713. The highest BCUT2D eigenvalue weighted by Crippen LogP contribution is 1.97. The van der Waals surface area contributed by atoms with Crippen molar-refractivity contribution in [3.63, 3.8) is 0 Å². The number of ether oxygens (including phenoxy) is 1. The molecule has 0 aromatic rings. The Morgan fingerprint density at radius 1 is 1.89 bits per heavy atom. The Bertz CT molecular complexity index is 138. The van der Waals surface area contributed by atoms with Crippen LogP contribution in [0.4, 0.5) is 0 Å². The highest BCUT2D eigenvalue weighted by Gasteiger charge is 2.28. The molecule has 0 aliphatic carbocycles. The third-order valence-corrected chi connectivity index (χ3v) is 0.999. The minimum absolute atomic E-state index is 0.461. The summed E-state index contributed by atoms with van der Waals surface area (Å²) < 4.78 is 4.30. The van der Waals surface area contributed by atoms with Crippen LogP contribution in [0.3, 0.4) is 0 Å². The lowest BCUT2D eigenvalue weighted by atomic mass is 10.2. The van der Waals surface area contributed by atoms with E-state index < -0.39 is 12.0 Å². The van der Waals surface area contributed by atoms with Gasteiger partial charge in [-0.25, -0.2) is 4.79 Å². The quantitative estimate of drug-likeness (QED) is 0.409. The molecular weight excluding hydrogens is 120 g/mol. The molecule has 0 amide bonds. The molecule has 0 aromatic heterocycles. The Balaban J connectivity index is 3.84. The van der Waals surface area contributed by atoms with Crippen LogP contribution in [0.25, 0.3) is 4.98 Å². The Morgan fingerprint density at radius 3 is 2.56 bits per heavy atom. The second kappa shape index (κ2) is 3.84. The van der Waals surface area contributed by atoms with Crippen LogP contribution in [0.1, 0.15) is 13.3 Å². The van der Waals surface area contributed by atoms with Gasteiger partial charge in [0.05, 0.1) is 7.11 Å². The van der Waals surface area contributed by atoms with Crippen molar-refractivity contribution in [2.24, 2.45) is 0 Å². The van der Waals surface area contributed by atoms with E-state index in [1.54, 1.807) is 6.92 Å². The predicted octanol–water partition coefficient (Wildman–Crippen LogP) is 0.791. The zero-order chi connectivity index (χ0) is 7.28. The molecule has 0 N–H and O–H groups in total. The van der Waals surface area contributed by atoms with E-state index in [1.165, 1.54) is 7.11 Å². The van der Waals surface area contributed by atoms with Crippen LogP contribution in [0.5, 0.6) is 0 Å². The fourth-order valence-corrected chi connectivity index (χ4v) is 0.431. The molecule has 0 bridgehead atoms. The van der Waals surface area contributed by atoms with Gasteiger partial charge in [0.2, 0.25) is 5.39 Å². The molecule has 1 atom stereocenters. The van der Waals surface area contributed by atoms with Crippen LogP contribution in [0, 0.1) is 5.39 Å². The van der Waals surface area contributed by atoms with Gasteiger partial charge >= 0.3 is 12.0 Å².